The minimum absolute atomic E-state index is 0.0300. The van der Waals surface area contributed by atoms with Crippen LogP contribution < -0.4 is 20.9 Å². The van der Waals surface area contributed by atoms with Crippen molar-refractivity contribution in [2.24, 2.45) is 5.92 Å². The smallest absolute Gasteiger partial charge is 0.371 e. The highest BCUT2D eigenvalue weighted by molar-refractivity contribution is 6.33. The van der Waals surface area contributed by atoms with Gasteiger partial charge < -0.3 is 15.5 Å². The Morgan fingerprint density at radius 1 is 0.941 bits per heavy atom. The highest BCUT2D eigenvalue weighted by atomic mass is 35.5. The van der Waals surface area contributed by atoms with Gasteiger partial charge in [-0.3, -0.25) is 43.7 Å². The van der Waals surface area contributed by atoms with Crippen molar-refractivity contribution >= 4 is 64.1 Å². The Balaban J connectivity index is 0.957. The van der Waals surface area contributed by atoms with Crippen molar-refractivity contribution in [2.45, 2.75) is 62.7 Å². The minimum Gasteiger partial charge on any atom is -0.371 e. The zero-order valence-corrected chi connectivity index (χ0v) is 27.6. The lowest BCUT2D eigenvalue weighted by Gasteiger charge is -2.40. The SMILES string of the molecule is O=C1CCC(N2C(=O)c3ccc(N4CCC(C(=O)Nc5cnn(C6(C(=O)Nc7ccc(C(F)(F)F)cc7Cl)CCC6)c5)CC4)cc3C2=O)C(=O)N1. The van der Waals surface area contributed by atoms with Crippen LogP contribution in [0.15, 0.2) is 48.8 Å². The molecule has 1 aromatic heterocycles. The number of nitrogens with zero attached hydrogens (tertiary/aromatic N) is 4. The molecular weight excluding hydrogens is 695 g/mol. The molecule has 1 aliphatic carbocycles. The van der Waals surface area contributed by atoms with Crippen LogP contribution in [0.4, 0.5) is 30.2 Å². The molecule has 51 heavy (non-hydrogen) atoms. The predicted octanol–water partition coefficient (Wildman–Crippen LogP) is 4.33. The van der Waals surface area contributed by atoms with E-state index in [4.69, 9.17) is 11.6 Å². The maximum atomic E-state index is 13.4. The standard InChI is InChI=1S/C34H31ClF3N7O6/c35-24-14-19(34(36,37)38)2-5-25(24)41-32(51)33(10-1-11-33)44-17-20(16-39-44)40-28(47)18-8-12-43(13-9-18)21-3-4-22-23(15-21)31(50)45(30(22)49)26-6-7-27(46)42-29(26)48/h2-5,14-18,26H,1,6-13H2,(H,40,47)(H,41,51)(H,42,46,48). The first kappa shape index (κ1) is 34.2. The normalized spacial score (nSPS) is 20.5. The Kier molecular flexibility index (Phi) is 8.60. The third-order valence-corrected chi connectivity index (χ3v) is 10.4. The van der Waals surface area contributed by atoms with Crippen molar-refractivity contribution in [3.05, 3.63) is 70.5 Å². The molecule has 4 heterocycles. The van der Waals surface area contributed by atoms with Crippen molar-refractivity contribution < 1.29 is 41.9 Å². The van der Waals surface area contributed by atoms with Crippen molar-refractivity contribution in [3.8, 4) is 0 Å². The minimum atomic E-state index is -4.58. The third kappa shape index (κ3) is 6.21. The Morgan fingerprint density at radius 2 is 1.67 bits per heavy atom. The molecule has 3 aromatic rings. The van der Waals surface area contributed by atoms with E-state index in [1.165, 1.54) is 10.9 Å². The van der Waals surface area contributed by atoms with Gasteiger partial charge in [0.15, 0.2) is 0 Å². The lowest BCUT2D eigenvalue weighted by Crippen LogP contribution is -2.54. The fourth-order valence-corrected chi connectivity index (χ4v) is 7.25. The fraction of sp³-hybridized carbons (Fsp3) is 0.382. The summed E-state index contributed by atoms with van der Waals surface area (Å²) in [5.74, 6) is -3.35. The molecule has 2 aromatic carbocycles. The molecular formula is C34H31ClF3N7O6. The Bertz CT molecular complexity index is 1990. The second-order valence-electron chi connectivity index (χ2n) is 13.1. The number of alkyl halides is 3. The molecule has 17 heteroatoms. The summed E-state index contributed by atoms with van der Waals surface area (Å²) >= 11 is 6.05. The first-order chi connectivity index (χ1) is 24.2. The molecule has 3 N–H and O–H groups in total. The molecule has 4 aliphatic rings. The monoisotopic (exact) mass is 725 g/mol. The van der Waals surface area contributed by atoms with Gasteiger partial charge in [0.2, 0.25) is 17.7 Å². The van der Waals surface area contributed by atoms with Crippen LogP contribution in [0.5, 0.6) is 0 Å². The number of amides is 6. The topological polar surface area (TPSA) is 163 Å². The third-order valence-electron chi connectivity index (χ3n) is 10.1. The molecule has 0 bridgehead atoms. The van der Waals surface area contributed by atoms with Crippen molar-refractivity contribution in [2.75, 3.05) is 28.6 Å². The van der Waals surface area contributed by atoms with Gasteiger partial charge in [-0.1, -0.05) is 11.6 Å². The van der Waals surface area contributed by atoms with Crippen LogP contribution in [0.3, 0.4) is 0 Å². The largest absolute Gasteiger partial charge is 0.416 e. The van der Waals surface area contributed by atoms with E-state index < -0.39 is 52.9 Å². The summed E-state index contributed by atoms with van der Waals surface area (Å²) in [6.45, 7) is 0.982. The van der Waals surface area contributed by atoms with Crippen molar-refractivity contribution in [1.82, 2.24) is 20.0 Å². The molecule has 1 atom stereocenters. The van der Waals surface area contributed by atoms with Gasteiger partial charge in [-0.05, 0) is 74.9 Å². The number of anilines is 3. The zero-order chi connectivity index (χ0) is 36.2. The molecule has 0 radical (unpaired) electrons. The molecule has 13 nitrogen and oxygen atoms in total. The number of carbonyl (C=O) groups excluding carboxylic acids is 6. The average Bonchev–Trinajstić information content (AvgIpc) is 3.62. The summed E-state index contributed by atoms with van der Waals surface area (Å²) in [7, 11) is 0. The van der Waals surface area contributed by atoms with Gasteiger partial charge in [0, 0.05) is 37.3 Å². The number of carbonyl (C=O) groups is 6. The van der Waals surface area contributed by atoms with E-state index in [0.717, 1.165) is 29.5 Å². The average molecular weight is 726 g/mol. The van der Waals surface area contributed by atoms with Gasteiger partial charge >= 0.3 is 6.18 Å². The first-order valence-corrected chi connectivity index (χ1v) is 16.8. The Labute approximate surface area is 293 Å². The van der Waals surface area contributed by atoms with Gasteiger partial charge in [-0.25, -0.2) is 0 Å². The second-order valence-corrected chi connectivity index (χ2v) is 13.5. The molecule has 0 spiro atoms. The summed E-state index contributed by atoms with van der Waals surface area (Å²) in [6.07, 6.45) is 1.09. The number of hydrogen-bond donors (Lipinski definition) is 3. The number of fused-ring (bicyclic) bond motifs is 1. The number of imide groups is 2. The number of piperidine rings is 2. The van der Waals surface area contributed by atoms with E-state index in [1.807, 2.05) is 4.90 Å². The van der Waals surface area contributed by atoms with Crippen molar-refractivity contribution in [1.29, 1.82) is 0 Å². The highest BCUT2D eigenvalue weighted by Crippen LogP contribution is 2.42. The lowest BCUT2D eigenvalue weighted by molar-refractivity contribution is -0.138. The number of rotatable bonds is 7. The van der Waals surface area contributed by atoms with Gasteiger partial charge in [0.25, 0.3) is 17.7 Å². The van der Waals surface area contributed by atoms with Gasteiger partial charge in [-0.2, -0.15) is 18.3 Å². The quantitative estimate of drug-likeness (QED) is 0.303. The van der Waals surface area contributed by atoms with E-state index in [2.05, 4.69) is 21.0 Å². The van der Waals surface area contributed by atoms with Crippen LogP contribution in [0.1, 0.15) is 71.2 Å². The van der Waals surface area contributed by atoms with Crippen LogP contribution >= 0.6 is 11.6 Å². The maximum Gasteiger partial charge on any atom is 0.416 e. The molecule has 1 saturated carbocycles. The van der Waals surface area contributed by atoms with E-state index in [-0.39, 0.29) is 46.5 Å². The zero-order valence-electron chi connectivity index (χ0n) is 26.9. The van der Waals surface area contributed by atoms with Gasteiger partial charge in [0.1, 0.15) is 11.6 Å². The maximum absolute atomic E-state index is 13.4. The number of aromatic nitrogens is 2. The summed E-state index contributed by atoms with van der Waals surface area (Å²) in [5, 5.41) is 11.8. The van der Waals surface area contributed by atoms with Crippen LogP contribution in [0.25, 0.3) is 0 Å². The predicted molar refractivity (Wildman–Crippen MR) is 176 cm³/mol. The van der Waals surface area contributed by atoms with E-state index >= 15 is 0 Å². The fourth-order valence-electron chi connectivity index (χ4n) is 7.02. The lowest BCUT2D eigenvalue weighted by atomic mass is 9.76. The summed E-state index contributed by atoms with van der Waals surface area (Å²) < 4.78 is 40.6. The number of hydrogen-bond acceptors (Lipinski definition) is 8. The number of halogens is 4. The molecule has 7 rings (SSSR count). The number of benzene rings is 2. The van der Waals surface area contributed by atoms with E-state index in [9.17, 15) is 41.9 Å². The van der Waals surface area contributed by atoms with Crippen molar-refractivity contribution in [3.63, 3.8) is 0 Å². The van der Waals surface area contributed by atoms with E-state index in [0.29, 0.717) is 50.1 Å². The summed E-state index contributed by atoms with van der Waals surface area (Å²) in [6, 6.07) is 6.56. The van der Waals surface area contributed by atoms with Gasteiger partial charge in [-0.15, -0.1) is 0 Å². The molecule has 3 fully saturated rings. The summed E-state index contributed by atoms with van der Waals surface area (Å²) in [4.78, 5) is 79.8. The number of nitrogens with one attached hydrogen (secondary N) is 3. The summed E-state index contributed by atoms with van der Waals surface area (Å²) in [5.41, 5.74) is -0.534. The highest BCUT2D eigenvalue weighted by Gasteiger charge is 2.48. The van der Waals surface area contributed by atoms with E-state index in [1.54, 1.807) is 24.4 Å². The molecule has 3 aliphatic heterocycles. The van der Waals surface area contributed by atoms with Crippen LogP contribution in [-0.2, 0) is 30.9 Å². The molecule has 6 amide bonds. The Morgan fingerprint density at radius 3 is 2.31 bits per heavy atom. The van der Waals surface area contributed by atoms with Crippen LogP contribution in [0.2, 0.25) is 5.02 Å². The van der Waals surface area contributed by atoms with Crippen LogP contribution in [-0.4, -0.2) is 69.3 Å². The first-order valence-electron chi connectivity index (χ1n) is 16.4. The second kappa shape index (κ2) is 12.8. The molecule has 266 valence electrons. The van der Waals surface area contributed by atoms with Crippen LogP contribution in [0, 0.1) is 5.92 Å². The van der Waals surface area contributed by atoms with Gasteiger partial charge in [0.05, 0.1) is 39.3 Å². The molecule has 2 saturated heterocycles. The molecule has 1 unspecified atom stereocenters. The Hall–Kier alpha value is -5.25.